The smallest absolute Gasteiger partial charge is 0.328 e. The molecule has 0 spiro atoms. The van der Waals surface area contributed by atoms with Gasteiger partial charge in [0.2, 0.25) is 5.88 Å². The second kappa shape index (κ2) is 6.87. The summed E-state index contributed by atoms with van der Waals surface area (Å²) < 4.78 is 12.7. The molecule has 3 aromatic heterocycles. The molecule has 3 aromatic rings. The summed E-state index contributed by atoms with van der Waals surface area (Å²) in [5.41, 5.74) is 7.06. The molecule has 0 fully saturated rings. The van der Waals surface area contributed by atoms with Gasteiger partial charge in [-0.05, 0) is 18.9 Å². The largest absolute Gasteiger partial charge is 0.473 e. The van der Waals surface area contributed by atoms with Crippen LogP contribution in [-0.2, 0) is 6.54 Å². The highest BCUT2D eigenvalue weighted by Gasteiger charge is 2.15. The first-order chi connectivity index (χ1) is 12.7. The Labute approximate surface area is 148 Å². The van der Waals surface area contributed by atoms with Gasteiger partial charge in [-0.1, -0.05) is 18.2 Å². The van der Waals surface area contributed by atoms with E-state index in [2.05, 4.69) is 19.9 Å². The number of rotatable bonds is 0. The molecule has 26 heavy (non-hydrogen) atoms. The molecular weight excluding hydrogens is 336 g/mol. The van der Waals surface area contributed by atoms with Gasteiger partial charge >= 0.3 is 11.7 Å². The maximum Gasteiger partial charge on any atom is 0.328 e. The van der Waals surface area contributed by atoms with Crippen LogP contribution < -0.4 is 20.9 Å². The van der Waals surface area contributed by atoms with E-state index in [0.29, 0.717) is 36.0 Å². The van der Waals surface area contributed by atoms with Crippen molar-refractivity contribution in [1.29, 1.82) is 0 Å². The number of aromatic amines is 1. The third-order valence-corrected chi connectivity index (χ3v) is 3.97. The lowest BCUT2D eigenvalue weighted by molar-refractivity contribution is 0.288. The van der Waals surface area contributed by atoms with Crippen LogP contribution in [0.3, 0.4) is 0 Å². The zero-order valence-electron chi connectivity index (χ0n) is 14.0. The molecule has 0 radical (unpaired) electrons. The number of allylic oxidation sites excluding steroid dienone is 1. The van der Waals surface area contributed by atoms with E-state index in [1.807, 2.05) is 24.3 Å². The average molecular weight is 354 g/mol. The topological polar surface area (TPSA) is 121 Å². The predicted octanol–water partition coefficient (Wildman–Crippen LogP) is 1.25. The van der Waals surface area contributed by atoms with Crippen LogP contribution in [0.4, 0.5) is 5.82 Å². The fourth-order valence-corrected chi connectivity index (χ4v) is 2.71. The van der Waals surface area contributed by atoms with Crippen LogP contribution in [0.1, 0.15) is 18.5 Å². The number of fused-ring (bicyclic) bond motifs is 3. The Hall–Kier alpha value is -3.36. The molecule has 0 saturated carbocycles. The lowest BCUT2D eigenvalue weighted by Gasteiger charge is -2.08. The van der Waals surface area contributed by atoms with Crippen molar-refractivity contribution >= 4 is 17.0 Å². The number of ether oxygens (including phenoxy) is 2. The van der Waals surface area contributed by atoms with Crippen molar-refractivity contribution in [3.8, 4) is 11.9 Å². The van der Waals surface area contributed by atoms with Crippen molar-refractivity contribution in [2.75, 3.05) is 18.9 Å². The summed E-state index contributed by atoms with van der Waals surface area (Å²) in [6.45, 7) is 1.11. The van der Waals surface area contributed by atoms with Gasteiger partial charge in [-0.3, -0.25) is 4.57 Å². The fourth-order valence-electron chi connectivity index (χ4n) is 2.71. The lowest BCUT2D eigenvalue weighted by atomic mass is 10.3. The number of hydrogen-bond acceptors (Lipinski definition) is 7. The van der Waals surface area contributed by atoms with E-state index in [1.165, 1.54) is 4.57 Å². The summed E-state index contributed by atoms with van der Waals surface area (Å²) in [4.78, 5) is 28.0. The standard InChI is InChI=1S/C17H18N6O3/c18-14-13-15-22-16(21-14)26-9-4-2-1-3-8-25-12-7-5-6-11(19-12)10-23(15)17(24)20-13/h1,3,5-7H,2,4,8-10H2,(H,20,24)(H2,18,21,22). The second-order valence-corrected chi connectivity index (χ2v) is 5.85. The third kappa shape index (κ3) is 3.23. The van der Waals surface area contributed by atoms with E-state index < -0.39 is 0 Å². The van der Waals surface area contributed by atoms with Crippen LogP contribution in [0.2, 0.25) is 0 Å². The van der Waals surface area contributed by atoms with Crippen LogP contribution in [0.15, 0.2) is 35.1 Å². The Kier molecular flexibility index (Phi) is 4.26. The van der Waals surface area contributed by atoms with E-state index in [4.69, 9.17) is 15.2 Å². The zero-order chi connectivity index (χ0) is 17.9. The number of nitrogen functional groups attached to an aromatic ring is 1. The van der Waals surface area contributed by atoms with Crippen molar-refractivity contribution in [1.82, 2.24) is 24.5 Å². The van der Waals surface area contributed by atoms with Gasteiger partial charge in [-0.15, -0.1) is 0 Å². The van der Waals surface area contributed by atoms with Crippen LogP contribution in [0.25, 0.3) is 11.2 Å². The normalized spacial score (nSPS) is 14.9. The summed E-state index contributed by atoms with van der Waals surface area (Å²) in [7, 11) is 0. The molecule has 3 N–H and O–H groups in total. The second-order valence-electron chi connectivity index (χ2n) is 5.85. The van der Waals surface area contributed by atoms with Crippen molar-refractivity contribution < 1.29 is 9.47 Å². The maximum atomic E-state index is 12.4. The van der Waals surface area contributed by atoms with Crippen molar-refractivity contribution in [3.63, 3.8) is 0 Å². The molecule has 0 saturated heterocycles. The van der Waals surface area contributed by atoms with E-state index in [1.54, 1.807) is 6.07 Å². The van der Waals surface area contributed by atoms with E-state index in [-0.39, 0.29) is 24.1 Å². The Bertz CT molecular complexity index is 1020. The highest BCUT2D eigenvalue weighted by Crippen LogP contribution is 2.19. The molecule has 9 heteroatoms. The Balaban J connectivity index is 1.80. The minimum Gasteiger partial charge on any atom is -0.473 e. The molecule has 0 aliphatic carbocycles. The number of H-pyrrole nitrogens is 1. The number of pyridine rings is 1. The number of anilines is 1. The van der Waals surface area contributed by atoms with Crippen LogP contribution in [0.5, 0.6) is 11.9 Å². The monoisotopic (exact) mass is 354 g/mol. The molecule has 0 atom stereocenters. The van der Waals surface area contributed by atoms with Gasteiger partial charge in [-0.2, -0.15) is 9.97 Å². The number of nitrogens with two attached hydrogens (primary N) is 1. The highest BCUT2D eigenvalue weighted by molar-refractivity contribution is 5.81. The number of aromatic nitrogens is 5. The first-order valence-corrected chi connectivity index (χ1v) is 8.33. The molecule has 0 amide bonds. The van der Waals surface area contributed by atoms with Gasteiger partial charge in [0, 0.05) is 6.07 Å². The van der Waals surface area contributed by atoms with Gasteiger partial charge in [-0.25, -0.2) is 9.78 Å². The number of nitrogens with zero attached hydrogens (tertiary/aromatic N) is 4. The molecular formula is C17H18N6O3. The average Bonchev–Trinajstić information content (AvgIpc) is 2.93. The molecule has 4 heterocycles. The first-order valence-electron chi connectivity index (χ1n) is 8.33. The quantitative estimate of drug-likeness (QED) is 0.583. The summed E-state index contributed by atoms with van der Waals surface area (Å²) in [5, 5.41) is 0. The zero-order valence-corrected chi connectivity index (χ0v) is 14.0. The summed E-state index contributed by atoms with van der Waals surface area (Å²) in [6.07, 6.45) is 5.60. The Morgan fingerprint density at radius 1 is 1.15 bits per heavy atom. The molecule has 4 bridgehead atoms. The molecule has 134 valence electrons. The highest BCUT2D eigenvalue weighted by atomic mass is 16.5. The van der Waals surface area contributed by atoms with Gasteiger partial charge in [0.25, 0.3) is 0 Å². The van der Waals surface area contributed by atoms with Gasteiger partial charge in [0.05, 0.1) is 18.8 Å². The van der Waals surface area contributed by atoms with Crippen molar-refractivity contribution in [2.45, 2.75) is 19.4 Å². The van der Waals surface area contributed by atoms with Crippen LogP contribution >= 0.6 is 0 Å². The van der Waals surface area contributed by atoms with Crippen LogP contribution in [-0.4, -0.2) is 37.7 Å². The SMILES string of the molecule is Nc1nc2nc3c1[nH]c(=O)n3Cc1cccc(n1)OCC=CCCCO2. The van der Waals surface area contributed by atoms with Gasteiger partial charge in [0.15, 0.2) is 11.5 Å². The summed E-state index contributed by atoms with van der Waals surface area (Å²) in [5.74, 6) is 0.678. The maximum absolute atomic E-state index is 12.4. The molecule has 0 unspecified atom stereocenters. The first kappa shape index (κ1) is 16.1. The fraction of sp³-hybridized carbons (Fsp3) is 0.294. The summed E-state index contributed by atoms with van der Waals surface area (Å²) in [6, 6.07) is 5.59. The molecule has 1 aliphatic rings. The van der Waals surface area contributed by atoms with Crippen molar-refractivity contribution in [2.24, 2.45) is 0 Å². The number of nitrogens with one attached hydrogen (secondary N) is 1. The van der Waals surface area contributed by atoms with E-state index >= 15 is 0 Å². The van der Waals surface area contributed by atoms with Crippen molar-refractivity contribution in [3.05, 3.63) is 46.5 Å². The minimum absolute atomic E-state index is 0.156. The molecule has 4 rings (SSSR count). The Morgan fingerprint density at radius 3 is 3.00 bits per heavy atom. The number of hydrogen-bond donors (Lipinski definition) is 2. The van der Waals surface area contributed by atoms with E-state index in [0.717, 1.165) is 12.8 Å². The number of imidazole rings is 1. The Morgan fingerprint density at radius 2 is 2.08 bits per heavy atom. The third-order valence-electron chi connectivity index (χ3n) is 3.97. The van der Waals surface area contributed by atoms with E-state index in [9.17, 15) is 4.79 Å². The van der Waals surface area contributed by atoms with Gasteiger partial charge in [0.1, 0.15) is 12.1 Å². The van der Waals surface area contributed by atoms with Gasteiger partial charge < -0.3 is 20.2 Å². The molecule has 9 nitrogen and oxygen atoms in total. The molecule has 1 aliphatic heterocycles. The van der Waals surface area contributed by atoms with Crippen LogP contribution in [0, 0.1) is 0 Å². The summed E-state index contributed by atoms with van der Waals surface area (Å²) >= 11 is 0. The lowest BCUT2D eigenvalue weighted by Crippen LogP contribution is -2.18. The molecule has 0 aromatic carbocycles. The predicted molar refractivity (Wildman–Crippen MR) is 95.3 cm³/mol. The minimum atomic E-state index is -0.338.